The second kappa shape index (κ2) is 12.7. The number of hydrogen-bond donors (Lipinski definition) is 3. The summed E-state index contributed by atoms with van der Waals surface area (Å²) in [5.74, 6) is 0.573. The zero-order valence-electron chi connectivity index (χ0n) is 21.1. The SMILES string of the molecule is CCCCC[C@@H](O)CC(=O)CCc1ccc(O)c(OC[NH+]2C=C3N=CC(Cc4ccccc4)=C3C2)c1. The molecule has 2 aliphatic heterocycles. The number of aliphatic hydroxyl groups is 1. The molecular formula is C30H37N2O4+. The van der Waals surface area contributed by atoms with E-state index in [1.54, 1.807) is 6.07 Å². The summed E-state index contributed by atoms with van der Waals surface area (Å²) in [6.07, 6.45) is 9.32. The van der Waals surface area contributed by atoms with E-state index < -0.39 is 6.10 Å². The van der Waals surface area contributed by atoms with Crippen molar-refractivity contribution in [3.05, 3.63) is 82.7 Å². The number of aryl methyl sites for hydroxylation is 1. The molecule has 0 radical (unpaired) electrons. The molecule has 1 unspecified atom stereocenters. The number of fused-ring (bicyclic) bond motifs is 1. The fraction of sp³-hybridized carbons (Fsp3) is 0.400. The van der Waals surface area contributed by atoms with Crippen molar-refractivity contribution in [2.75, 3.05) is 13.3 Å². The summed E-state index contributed by atoms with van der Waals surface area (Å²) in [6, 6.07) is 15.6. The highest BCUT2D eigenvalue weighted by atomic mass is 16.5. The lowest BCUT2D eigenvalue weighted by atomic mass is 10.0. The van der Waals surface area contributed by atoms with Crippen LogP contribution in [0.5, 0.6) is 11.5 Å². The number of nitrogens with one attached hydrogen (secondary N) is 1. The molecule has 6 nitrogen and oxygen atoms in total. The van der Waals surface area contributed by atoms with Crippen molar-refractivity contribution in [2.45, 2.75) is 64.4 Å². The Morgan fingerprint density at radius 2 is 1.97 bits per heavy atom. The highest BCUT2D eigenvalue weighted by molar-refractivity contribution is 5.87. The van der Waals surface area contributed by atoms with Gasteiger partial charge in [-0.3, -0.25) is 14.7 Å². The van der Waals surface area contributed by atoms with Gasteiger partial charge in [0.1, 0.15) is 24.2 Å². The van der Waals surface area contributed by atoms with Crippen molar-refractivity contribution >= 4 is 12.0 Å². The lowest BCUT2D eigenvalue weighted by molar-refractivity contribution is -0.855. The first kappa shape index (κ1) is 25.9. The number of aromatic hydroxyl groups is 1. The van der Waals surface area contributed by atoms with Gasteiger partial charge in [0.05, 0.1) is 6.10 Å². The number of carbonyl (C=O) groups excluding carboxylic acids is 1. The van der Waals surface area contributed by atoms with Gasteiger partial charge in [0, 0.05) is 24.6 Å². The molecule has 0 amide bonds. The van der Waals surface area contributed by atoms with Crippen molar-refractivity contribution in [3.8, 4) is 11.5 Å². The van der Waals surface area contributed by atoms with Gasteiger partial charge in [0.25, 0.3) is 0 Å². The first-order valence-electron chi connectivity index (χ1n) is 13.0. The molecule has 0 fully saturated rings. The van der Waals surface area contributed by atoms with Crippen LogP contribution in [-0.4, -0.2) is 41.6 Å². The highest BCUT2D eigenvalue weighted by Gasteiger charge is 2.29. The van der Waals surface area contributed by atoms with Crippen LogP contribution in [0.3, 0.4) is 0 Å². The lowest BCUT2D eigenvalue weighted by Gasteiger charge is -2.14. The maximum Gasteiger partial charge on any atom is 0.227 e. The largest absolute Gasteiger partial charge is 0.504 e. The van der Waals surface area contributed by atoms with Crippen LogP contribution in [0, 0.1) is 0 Å². The molecule has 2 atom stereocenters. The molecule has 36 heavy (non-hydrogen) atoms. The van der Waals surface area contributed by atoms with Gasteiger partial charge in [0.15, 0.2) is 11.5 Å². The summed E-state index contributed by atoms with van der Waals surface area (Å²) < 4.78 is 5.98. The van der Waals surface area contributed by atoms with Crippen LogP contribution in [0.25, 0.3) is 0 Å². The third-order valence-corrected chi connectivity index (χ3v) is 6.77. The minimum Gasteiger partial charge on any atom is -0.504 e. The maximum absolute atomic E-state index is 12.3. The molecule has 3 N–H and O–H groups in total. The Kier molecular flexibility index (Phi) is 9.09. The molecule has 2 aromatic rings. The molecule has 0 aliphatic carbocycles. The van der Waals surface area contributed by atoms with E-state index in [1.807, 2.05) is 24.4 Å². The molecule has 4 rings (SSSR count). The Balaban J connectivity index is 1.27. The lowest BCUT2D eigenvalue weighted by Crippen LogP contribution is -3.07. The van der Waals surface area contributed by atoms with Crippen LogP contribution in [-0.2, 0) is 17.6 Å². The number of Topliss-reactive ketones (excluding diaryl/α,β-unsaturated/α-hetero) is 1. The molecule has 190 valence electrons. The Hall–Kier alpha value is -3.22. The molecular weight excluding hydrogens is 452 g/mol. The Morgan fingerprint density at radius 3 is 2.78 bits per heavy atom. The summed E-state index contributed by atoms with van der Waals surface area (Å²) in [5, 5.41) is 20.3. The van der Waals surface area contributed by atoms with Crippen molar-refractivity contribution in [3.63, 3.8) is 0 Å². The van der Waals surface area contributed by atoms with Crippen molar-refractivity contribution < 1.29 is 24.6 Å². The average Bonchev–Trinajstić information content (AvgIpc) is 3.45. The van der Waals surface area contributed by atoms with E-state index in [4.69, 9.17) is 4.74 Å². The number of quaternary nitrogens is 1. The van der Waals surface area contributed by atoms with Crippen LogP contribution in [0.2, 0.25) is 0 Å². The Labute approximate surface area is 213 Å². The molecule has 2 aliphatic rings. The second-order valence-corrected chi connectivity index (χ2v) is 9.77. The zero-order chi connectivity index (χ0) is 25.3. The molecule has 0 bridgehead atoms. The number of unbranched alkanes of at least 4 members (excludes halogenated alkanes) is 2. The average molecular weight is 490 g/mol. The molecule has 0 saturated carbocycles. The van der Waals surface area contributed by atoms with E-state index in [2.05, 4.69) is 42.4 Å². The summed E-state index contributed by atoms with van der Waals surface area (Å²) in [7, 11) is 0. The van der Waals surface area contributed by atoms with Gasteiger partial charge in [-0.25, -0.2) is 0 Å². The molecule has 0 aromatic heterocycles. The maximum atomic E-state index is 12.3. The molecule has 0 saturated heterocycles. The van der Waals surface area contributed by atoms with Gasteiger partial charge in [-0.15, -0.1) is 0 Å². The normalized spacial score (nSPS) is 17.3. The number of rotatable bonds is 14. The predicted octanol–water partition coefficient (Wildman–Crippen LogP) is 3.93. The summed E-state index contributed by atoms with van der Waals surface area (Å²) in [4.78, 5) is 18.0. The van der Waals surface area contributed by atoms with Gasteiger partial charge in [-0.2, -0.15) is 0 Å². The number of ether oxygens (including phenoxy) is 1. The Bertz CT molecular complexity index is 1140. The van der Waals surface area contributed by atoms with E-state index in [-0.39, 0.29) is 18.0 Å². The second-order valence-electron chi connectivity index (χ2n) is 9.77. The van der Waals surface area contributed by atoms with E-state index in [0.717, 1.165) is 48.4 Å². The number of phenols is 1. The molecule has 0 spiro atoms. The van der Waals surface area contributed by atoms with Gasteiger partial charge in [-0.1, -0.05) is 62.6 Å². The summed E-state index contributed by atoms with van der Waals surface area (Å²) in [5.41, 5.74) is 5.70. The smallest absolute Gasteiger partial charge is 0.227 e. The van der Waals surface area contributed by atoms with Gasteiger partial charge >= 0.3 is 0 Å². The number of phenolic OH excluding ortho intramolecular Hbond substituents is 1. The number of aliphatic hydroxyl groups excluding tert-OH is 1. The number of benzene rings is 2. The Morgan fingerprint density at radius 1 is 1.14 bits per heavy atom. The predicted molar refractivity (Wildman–Crippen MR) is 141 cm³/mol. The minimum atomic E-state index is -0.549. The van der Waals surface area contributed by atoms with Crippen LogP contribution < -0.4 is 9.64 Å². The van der Waals surface area contributed by atoms with Crippen molar-refractivity contribution in [1.29, 1.82) is 0 Å². The first-order chi connectivity index (χ1) is 17.5. The van der Waals surface area contributed by atoms with Gasteiger partial charge < -0.3 is 14.9 Å². The van der Waals surface area contributed by atoms with E-state index >= 15 is 0 Å². The van der Waals surface area contributed by atoms with Gasteiger partial charge in [-0.05, 0) is 48.1 Å². The number of ketones is 1. The van der Waals surface area contributed by atoms with Crippen LogP contribution in [0.4, 0.5) is 0 Å². The topological polar surface area (TPSA) is 83.6 Å². The number of aliphatic imine (C=N–C) groups is 1. The monoisotopic (exact) mass is 489 g/mol. The van der Waals surface area contributed by atoms with E-state index in [1.165, 1.54) is 16.7 Å². The molecule has 6 heteroatoms. The zero-order valence-corrected chi connectivity index (χ0v) is 21.1. The van der Waals surface area contributed by atoms with Crippen LogP contribution in [0.1, 0.15) is 56.6 Å². The summed E-state index contributed by atoms with van der Waals surface area (Å²) >= 11 is 0. The quantitative estimate of drug-likeness (QED) is 0.351. The number of carbonyl (C=O) groups is 1. The number of hydrogen-bond acceptors (Lipinski definition) is 5. The standard InChI is InChI=1S/C30H36N2O4/c1-2-3-5-10-25(33)17-26(34)13-11-23-12-14-29(35)30(16-23)36-21-32-19-27-24(18-31-28(27)20-32)15-22-8-6-4-7-9-22/h4,6-9,12,14,16,18,20,25,33,35H,2-3,5,10-11,13,15,17,19,21H2,1H3/p+1/t25-/m1/s1. The third-order valence-electron chi connectivity index (χ3n) is 6.77. The highest BCUT2D eigenvalue weighted by Crippen LogP contribution is 2.28. The molecule has 2 heterocycles. The van der Waals surface area contributed by atoms with E-state index in [0.29, 0.717) is 31.7 Å². The van der Waals surface area contributed by atoms with Crippen molar-refractivity contribution in [2.24, 2.45) is 4.99 Å². The molecule has 2 aromatic carbocycles. The van der Waals surface area contributed by atoms with E-state index in [9.17, 15) is 15.0 Å². The van der Waals surface area contributed by atoms with Gasteiger partial charge in [0.2, 0.25) is 6.73 Å². The van der Waals surface area contributed by atoms with Crippen LogP contribution in [0.15, 0.2) is 76.6 Å². The fourth-order valence-corrected chi connectivity index (χ4v) is 4.71. The number of nitrogens with zero attached hydrogens (tertiary/aromatic N) is 1. The summed E-state index contributed by atoms with van der Waals surface area (Å²) in [6.45, 7) is 3.30. The first-order valence-corrected chi connectivity index (χ1v) is 13.0. The van der Waals surface area contributed by atoms with Crippen molar-refractivity contribution in [1.82, 2.24) is 0 Å². The fourth-order valence-electron chi connectivity index (χ4n) is 4.71. The number of allylic oxidation sites excluding steroid dienone is 1. The minimum absolute atomic E-state index is 0.0642. The van der Waals surface area contributed by atoms with Crippen LogP contribution >= 0.6 is 0 Å². The third kappa shape index (κ3) is 7.15.